The molecule has 0 aromatic carbocycles. The summed E-state index contributed by atoms with van der Waals surface area (Å²) in [5, 5.41) is 0. The van der Waals surface area contributed by atoms with Crippen LogP contribution in [0.3, 0.4) is 0 Å². The Balaban J connectivity index is 2.19. The highest BCUT2D eigenvalue weighted by Gasteiger charge is 2.30. The van der Waals surface area contributed by atoms with E-state index in [2.05, 4.69) is 23.7 Å². The van der Waals surface area contributed by atoms with Crippen LogP contribution in [0.1, 0.15) is 27.2 Å². The fraction of sp³-hybridized carbons (Fsp3) is 0.615. The van der Waals surface area contributed by atoms with Gasteiger partial charge in [-0.05, 0) is 30.9 Å². The third-order valence-electron chi connectivity index (χ3n) is 3.16. The summed E-state index contributed by atoms with van der Waals surface area (Å²) in [6.45, 7) is 9.19. The maximum absolute atomic E-state index is 5.82. The summed E-state index contributed by atoms with van der Waals surface area (Å²) in [5.74, 6) is 1.52. The highest BCUT2D eigenvalue weighted by molar-refractivity contribution is 5.55. The maximum atomic E-state index is 5.82. The Labute approximate surface area is 103 Å². The van der Waals surface area contributed by atoms with Gasteiger partial charge in [0.05, 0.1) is 12.3 Å². The van der Waals surface area contributed by atoms with Crippen LogP contribution in [-0.2, 0) is 0 Å². The largest absolute Gasteiger partial charge is 0.476 e. The van der Waals surface area contributed by atoms with Crippen LogP contribution >= 0.6 is 0 Å². The molecule has 0 radical (unpaired) electrons. The van der Waals surface area contributed by atoms with Crippen LogP contribution < -0.4 is 15.4 Å². The molecule has 2 rings (SSSR count). The first kappa shape index (κ1) is 12.0. The van der Waals surface area contributed by atoms with Crippen LogP contribution in [0.2, 0.25) is 0 Å². The number of pyridine rings is 1. The molecule has 1 aromatic rings. The van der Waals surface area contributed by atoms with Crippen molar-refractivity contribution >= 4 is 11.5 Å². The van der Waals surface area contributed by atoms with Crippen LogP contribution in [0.25, 0.3) is 0 Å². The molecule has 17 heavy (non-hydrogen) atoms. The van der Waals surface area contributed by atoms with E-state index >= 15 is 0 Å². The van der Waals surface area contributed by atoms with Crippen molar-refractivity contribution in [1.82, 2.24) is 4.98 Å². The van der Waals surface area contributed by atoms with Crippen LogP contribution in [0.15, 0.2) is 12.1 Å². The molecule has 2 heterocycles. The van der Waals surface area contributed by atoms with Gasteiger partial charge in [0.1, 0.15) is 5.82 Å². The number of nitrogens with two attached hydrogens (primary N) is 1. The average Bonchev–Trinajstić information content (AvgIpc) is 2.62. The van der Waals surface area contributed by atoms with Crippen molar-refractivity contribution in [3.8, 4) is 5.88 Å². The topological polar surface area (TPSA) is 51.4 Å². The van der Waals surface area contributed by atoms with E-state index < -0.39 is 0 Å². The SMILES string of the molecule is CCOc1nc(N2CCC(C)(C)C2)ccc1N. The zero-order chi connectivity index (χ0) is 12.5. The minimum absolute atomic E-state index is 0.370. The molecule has 2 N–H and O–H groups in total. The lowest BCUT2D eigenvalue weighted by Crippen LogP contribution is -2.23. The Morgan fingerprint density at radius 3 is 2.82 bits per heavy atom. The van der Waals surface area contributed by atoms with Gasteiger partial charge in [-0.2, -0.15) is 4.98 Å². The molecule has 4 nitrogen and oxygen atoms in total. The van der Waals surface area contributed by atoms with Gasteiger partial charge in [-0.1, -0.05) is 13.8 Å². The van der Waals surface area contributed by atoms with Gasteiger partial charge in [0.2, 0.25) is 5.88 Å². The van der Waals surface area contributed by atoms with Gasteiger partial charge in [0.25, 0.3) is 0 Å². The predicted molar refractivity (Wildman–Crippen MR) is 70.4 cm³/mol. The smallest absolute Gasteiger partial charge is 0.239 e. The number of anilines is 2. The zero-order valence-corrected chi connectivity index (χ0v) is 10.9. The molecule has 1 fully saturated rings. The molecule has 0 bridgehead atoms. The molecule has 0 unspecified atom stereocenters. The first-order valence-corrected chi connectivity index (χ1v) is 6.16. The third kappa shape index (κ3) is 2.62. The molecule has 0 spiro atoms. The minimum atomic E-state index is 0.370. The fourth-order valence-corrected chi connectivity index (χ4v) is 2.18. The number of hydrogen-bond donors (Lipinski definition) is 1. The molecule has 0 amide bonds. The minimum Gasteiger partial charge on any atom is -0.476 e. The monoisotopic (exact) mass is 235 g/mol. The van der Waals surface area contributed by atoms with Crippen molar-refractivity contribution in [3.05, 3.63) is 12.1 Å². The average molecular weight is 235 g/mol. The van der Waals surface area contributed by atoms with Crippen molar-refractivity contribution in [2.45, 2.75) is 27.2 Å². The summed E-state index contributed by atoms with van der Waals surface area (Å²) in [7, 11) is 0. The molecule has 1 aliphatic heterocycles. The van der Waals surface area contributed by atoms with Crippen molar-refractivity contribution in [3.63, 3.8) is 0 Å². The zero-order valence-electron chi connectivity index (χ0n) is 10.9. The second kappa shape index (κ2) is 4.43. The van der Waals surface area contributed by atoms with Crippen LogP contribution in [0.5, 0.6) is 5.88 Å². The van der Waals surface area contributed by atoms with Crippen LogP contribution in [-0.4, -0.2) is 24.7 Å². The van der Waals surface area contributed by atoms with E-state index in [4.69, 9.17) is 10.5 Å². The Hall–Kier alpha value is -1.45. The Kier molecular flexibility index (Phi) is 3.13. The Morgan fingerprint density at radius 2 is 2.24 bits per heavy atom. The maximum Gasteiger partial charge on any atom is 0.239 e. The van der Waals surface area contributed by atoms with E-state index in [9.17, 15) is 0 Å². The summed E-state index contributed by atoms with van der Waals surface area (Å²) in [5.41, 5.74) is 6.80. The summed E-state index contributed by atoms with van der Waals surface area (Å²) >= 11 is 0. The van der Waals surface area contributed by atoms with Crippen molar-refractivity contribution in [1.29, 1.82) is 0 Å². The summed E-state index contributed by atoms with van der Waals surface area (Å²) < 4.78 is 5.43. The van der Waals surface area contributed by atoms with Gasteiger partial charge in [0, 0.05) is 13.1 Å². The summed E-state index contributed by atoms with van der Waals surface area (Å²) in [6.07, 6.45) is 1.20. The number of nitrogen functional groups attached to an aromatic ring is 1. The molecule has 0 atom stereocenters. The van der Waals surface area contributed by atoms with Crippen molar-refractivity contribution < 1.29 is 4.74 Å². The standard InChI is InChI=1S/C13H21N3O/c1-4-17-12-10(14)5-6-11(15-12)16-8-7-13(2,3)9-16/h5-6H,4,7-9,14H2,1-3H3. The molecule has 1 aliphatic rings. The fourth-order valence-electron chi connectivity index (χ4n) is 2.18. The Bertz CT molecular complexity index is 404. The molecule has 0 aliphatic carbocycles. The van der Waals surface area contributed by atoms with Crippen LogP contribution in [0.4, 0.5) is 11.5 Å². The lowest BCUT2D eigenvalue weighted by Gasteiger charge is -2.21. The van der Waals surface area contributed by atoms with Gasteiger partial charge in [-0.15, -0.1) is 0 Å². The highest BCUT2D eigenvalue weighted by atomic mass is 16.5. The molecule has 0 saturated carbocycles. The third-order valence-corrected chi connectivity index (χ3v) is 3.16. The van der Waals surface area contributed by atoms with E-state index in [-0.39, 0.29) is 0 Å². The lowest BCUT2D eigenvalue weighted by molar-refractivity contribution is 0.329. The molecule has 1 saturated heterocycles. The Morgan fingerprint density at radius 1 is 1.47 bits per heavy atom. The van der Waals surface area contributed by atoms with Crippen molar-refractivity contribution in [2.75, 3.05) is 30.3 Å². The van der Waals surface area contributed by atoms with E-state index in [0.717, 1.165) is 18.9 Å². The lowest BCUT2D eigenvalue weighted by atomic mass is 9.93. The van der Waals surface area contributed by atoms with Gasteiger partial charge in [-0.3, -0.25) is 0 Å². The first-order chi connectivity index (χ1) is 8.02. The number of nitrogens with zero attached hydrogens (tertiary/aromatic N) is 2. The van der Waals surface area contributed by atoms with Crippen molar-refractivity contribution in [2.24, 2.45) is 5.41 Å². The molecule has 1 aromatic heterocycles. The van der Waals surface area contributed by atoms with Crippen LogP contribution in [0, 0.1) is 5.41 Å². The van der Waals surface area contributed by atoms with Gasteiger partial charge < -0.3 is 15.4 Å². The number of hydrogen-bond acceptors (Lipinski definition) is 4. The number of ether oxygens (including phenoxy) is 1. The van der Waals surface area contributed by atoms with E-state index in [1.165, 1.54) is 6.42 Å². The van der Waals surface area contributed by atoms with E-state index in [1.54, 1.807) is 0 Å². The number of aromatic nitrogens is 1. The predicted octanol–water partition coefficient (Wildman–Crippen LogP) is 2.30. The quantitative estimate of drug-likeness (QED) is 0.873. The molecule has 4 heteroatoms. The summed E-state index contributed by atoms with van der Waals surface area (Å²) in [4.78, 5) is 6.78. The van der Waals surface area contributed by atoms with Gasteiger partial charge >= 0.3 is 0 Å². The highest BCUT2D eigenvalue weighted by Crippen LogP contribution is 2.33. The number of rotatable bonds is 3. The normalized spacial score (nSPS) is 18.4. The first-order valence-electron chi connectivity index (χ1n) is 6.16. The molecular weight excluding hydrogens is 214 g/mol. The van der Waals surface area contributed by atoms with Gasteiger partial charge in [-0.25, -0.2) is 0 Å². The van der Waals surface area contributed by atoms with E-state index in [1.807, 2.05) is 19.1 Å². The summed E-state index contributed by atoms with van der Waals surface area (Å²) in [6, 6.07) is 3.85. The second-order valence-corrected chi connectivity index (χ2v) is 5.33. The molecule has 94 valence electrons. The molecular formula is C13H21N3O. The van der Waals surface area contributed by atoms with Gasteiger partial charge in [0.15, 0.2) is 0 Å². The van der Waals surface area contributed by atoms with E-state index in [0.29, 0.717) is 23.6 Å². The second-order valence-electron chi connectivity index (χ2n) is 5.33.